The summed E-state index contributed by atoms with van der Waals surface area (Å²) >= 11 is 0.893. The van der Waals surface area contributed by atoms with Crippen LogP contribution in [0.15, 0.2) is 25.3 Å². The van der Waals surface area contributed by atoms with Crippen molar-refractivity contribution < 1.29 is 46.9 Å². The van der Waals surface area contributed by atoms with Gasteiger partial charge in [0.2, 0.25) is 0 Å². The van der Waals surface area contributed by atoms with E-state index in [1.165, 1.54) is 34.4 Å². The molecule has 4 aromatic heterocycles. The number of nitrogens with two attached hydrogens (primary N) is 2. The molecule has 6 N–H and O–H groups in total. The number of imidazole rings is 2. The Balaban J connectivity index is 1.21. The number of fused-ring (bicyclic) bond motifs is 5. The fourth-order valence-corrected chi connectivity index (χ4v) is 10.1. The van der Waals surface area contributed by atoms with Crippen molar-refractivity contribution in [2.45, 2.75) is 68.2 Å². The normalized spacial score (nSPS) is 34.8. The number of ether oxygens (including phenoxy) is 2. The molecule has 7 rings (SSSR count). The minimum Gasteiger partial charge on any atom is -0.387 e. The maximum atomic E-state index is 14.3. The van der Waals surface area contributed by atoms with Gasteiger partial charge in [0.15, 0.2) is 41.5 Å². The molecule has 4 aromatic rings. The first-order valence-corrected chi connectivity index (χ1v) is 18.1. The maximum Gasteiger partial charge on any atom is 0.698 e. The zero-order valence-electron chi connectivity index (χ0n) is 24.1. The highest BCUT2D eigenvalue weighted by Gasteiger charge is 2.55. The van der Waals surface area contributed by atoms with E-state index in [1.54, 1.807) is 13.8 Å². The van der Waals surface area contributed by atoms with Crippen LogP contribution in [-0.2, 0) is 36.7 Å². The third kappa shape index (κ3) is 5.64. The van der Waals surface area contributed by atoms with Crippen LogP contribution in [0.3, 0.4) is 0 Å². The van der Waals surface area contributed by atoms with Gasteiger partial charge in [-0.3, -0.25) is 18.2 Å². The molecule has 7 heterocycles. The lowest BCUT2D eigenvalue weighted by Crippen LogP contribution is -2.36. The van der Waals surface area contributed by atoms with Crippen LogP contribution in [0.5, 0.6) is 0 Å². The Morgan fingerprint density at radius 1 is 0.891 bits per heavy atom. The lowest BCUT2D eigenvalue weighted by molar-refractivity contribution is -0.0570. The number of aromatic nitrogens is 8. The molecule has 20 nitrogen and oxygen atoms in total. The van der Waals surface area contributed by atoms with Crippen molar-refractivity contribution in [3.05, 3.63) is 25.3 Å². The number of anilines is 2. The number of hydrogen-bond acceptors (Lipinski definition) is 19. The molecular formula is C23H29N10O10P2S+. The Labute approximate surface area is 264 Å². The molecule has 0 radical (unpaired) electrons. The number of hydrogen-bond donors (Lipinski definition) is 4. The molecule has 0 amide bonds. The predicted octanol–water partition coefficient (Wildman–Crippen LogP) is 1.07. The van der Waals surface area contributed by atoms with Gasteiger partial charge in [-0.15, -0.1) is 9.05 Å². The fourth-order valence-electron chi connectivity index (χ4n) is 5.44. The van der Waals surface area contributed by atoms with E-state index in [2.05, 4.69) is 29.9 Å². The van der Waals surface area contributed by atoms with Gasteiger partial charge in [-0.2, -0.15) is 0 Å². The van der Waals surface area contributed by atoms with Gasteiger partial charge in [0, 0.05) is 9.81 Å². The van der Waals surface area contributed by atoms with E-state index in [0.717, 1.165) is 11.4 Å². The fraction of sp³-hybridized carbons (Fsp3) is 0.565. The van der Waals surface area contributed by atoms with E-state index < -0.39 is 77.3 Å². The van der Waals surface area contributed by atoms with Crippen molar-refractivity contribution in [3.8, 4) is 0 Å². The van der Waals surface area contributed by atoms with E-state index in [9.17, 15) is 19.3 Å². The second-order valence-electron chi connectivity index (χ2n) is 10.8. The number of rotatable bonds is 4. The molecule has 46 heavy (non-hydrogen) atoms. The van der Waals surface area contributed by atoms with E-state index in [4.69, 9.17) is 39.0 Å². The summed E-state index contributed by atoms with van der Waals surface area (Å²) in [5, 5.41) is 22.5. The molecule has 0 aliphatic carbocycles. The smallest absolute Gasteiger partial charge is 0.387 e. The van der Waals surface area contributed by atoms with Gasteiger partial charge in [-0.05, 0) is 11.4 Å². The summed E-state index contributed by atoms with van der Waals surface area (Å²) in [5.41, 5.74) is 12.9. The lowest BCUT2D eigenvalue weighted by Gasteiger charge is -2.27. The number of aliphatic hydroxyl groups excluding tert-OH is 2. The SMILES string of the molecule is CC(C)SP1(=O)OC[C@H]2O[C@@H](n3cnc4c(N)ncnc43)[C@H](O[P+](=O)OC[C@H]3O[C@@H](n4cnc5c(N)ncnc54)[C@H](O)[C@@H]3O1)[C@@H]2O. The van der Waals surface area contributed by atoms with E-state index >= 15 is 0 Å². The van der Waals surface area contributed by atoms with Crippen molar-refractivity contribution in [1.29, 1.82) is 0 Å². The van der Waals surface area contributed by atoms with Crippen molar-refractivity contribution >= 4 is 60.4 Å². The van der Waals surface area contributed by atoms with Crippen molar-refractivity contribution in [2.75, 3.05) is 24.7 Å². The molecule has 23 heteroatoms. The van der Waals surface area contributed by atoms with Gasteiger partial charge >= 0.3 is 15.1 Å². The standard InChI is InChI=1S/C23H29N10O10P2S/c1-9(2)46-45(37)39-4-10-14(34)17(23(40-10)33-8-31-13-19(25)27-6-29-21(13)33)42-44(36)38-3-11-16(43-45)15(35)22(41-11)32-7-30-12-18(24)26-5-28-20(12)32/h5-11,14-17,22-23,34-35H,3-4H2,1-2H3,(H2,24,26,28)(H2,25,27,29)/q+1/t10-,11-,14-,15-,16-,17-,22-,23-,45?/m1/s1. The largest absolute Gasteiger partial charge is 0.698 e. The van der Waals surface area contributed by atoms with Gasteiger partial charge in [0.05, 0.1) is 19.3 Å². The Morgan fingerprint density at radius 3 is 2.13 bits per heavy atom. The molecule has 3 aliphatic heterocycles. The van der Waals surface area contributed by atoms with Crippen LogP contribution in [0, 0.1) is 0 Å². The third-order valence-electron chi connectivity index (χ3n) is 7.48. The van der Waals surface area contributed by atoms with Gasteiger partial charge in [0.1, 0.15) is 60.8 Å². The van der Waals surface area contributed by atoms with Crippen LogP contribution in [0.25, 0.3) is 22.3 Å². The highest BCUT2D eigenvalue weighted by Crippen LogP contribution is 2.64. The summed E-state index contributed by atoms with van der Waals surface area (Å²) in [5.74, 6) is 0.238. The molecule has 10 atom stereocenters. The summed E-state index contributed by atoms with van der Waals surface area (Å²) < 4.78 is 65.7. The molecule has 0 saturated carbocycles. The first-order valence-electron chi connectivity index (χ1n) is 13.9. The lowest BCUT2D eigenvalue weighted by atomic mass is 10.1. The quantitative estimate of drug-likeness (QED) is 0.217. The third-order valence-corrected chi connectivity index (χ3v) is 12.5. The highest BCUT2D eigenvalue weighted by molar-refractivity contribution is 8.55. The average Bonchev–Trinajstić information content (AvgIpc) is 3.77. The van der Waals surface area contributed by atoms with E-state index in [0.29, 0.717) is 0 Å². The molecule has 3 aliphatic rings. The van der Waals surface area contributed by atoms with Gasteiger partial charge in [-0.1, -0.05) is 13.8 Å². The van der Waals surface area contributed by atoms with Crippen LogP contribution in [0.4, 0.5) is 11.6 Å². The average molecular weight is 700 g/mol. The molecule has 2 bridgehead atoms. The van der Waals surface area contributed by atoms with Crippen molar-refractivity contribution in [2.24, 2.45) is 0 Å². The molecule has 3 saturated heterocycles. The summed E-state index contributed by atoms with van der Waals surface area (Å²) in [6.07, 6.45) is -4.84. The second-order valence-corrected chi connectivity index (χ2v) is 16.2. The van der Waals surface area contributed by atoms with Crippen molar-refractivity contribution in [3.63, 3.8) is 0 Å². The van der Waals surface area contributed by atoms with E-state index in [-0.39, 0.29) is 39.2 Å². The molecule has 2 unspecified atom stereocenters. The zero-order chi connectivity index (χ0) is 32.3. The van der Waals surface area contributed by atoms with Crippen LogP contribution in [0.2, 0.25) is 0 Å². The number of nitrogen functional groups attached to an aromatic ring is 2. The van der Waals surface area contributed by atoms with Crippen molar-refractivity contribution in [1.82, 2.24) is 39.0 Å². The molecular weight excluding hydrogens is 670 g/mol. The molecule has 0 aromatic carbocycles. The molecule has 0 spiro atoms. The summed E-state index contributed by atoms with van der Waals surface area (Å²) in [6, 6.07) is 0. The zero-order valence-corrected chi connectivity index (χ0v) is 26.7. The summed E-state index contributed by atoms with van der Waals surface area (Å²) in [7, 11) is -2.93. The van der Waals surface area contributed by atoms with Crippen LogP contribution in [0.1, 0.15) is 26.3 Å². The highest BCUT2D eigenvalue weighted by atomic mass is 32.7. The van der Waals surface area contributed by atoms with Gasteiger partial charge in [0.25, 0.3) is 0 Å². The maximum absolute atomic E-state index is 14.3. The second kappa shape index (κ2) is 12.3. The number of aliphatic hydroxyl groups is 2. The number of nitrogens with zero attached hydrogens (tertiary/aromatic N) is 8. The minimum absolute atomic E-state index is 0.117. The van der Waals surface area contributed by atoms with Crippen LogP contribution in [-0.4, -0.2) is 104 Å². The molecule has 246 valence electrons. The van der Waals surface area contributed by atoms with Gasteiger partial charge < -0.3 is 31.2 Å². The summed E-state index contributed by atoms with van der Waals surface area (Å²) in [4.78, 5) is 24.7. The van der Waals surface area contributed by atoms with Crippen LogP contribution < -0.4 is 11.5 Å². The Kier molecular flexibility index (Phi) is 8.43. The van der Waals surface area contributed by atoms with Gasteiger partial charge in [-0.25, -0.2) is 34.5 Å². The Bertz CT molecular complexity index is 1830. The first-order chi connectivity index (χ1) is 22.0. The summed E-state index contributed by atoms with van der Waals surface area (Å²) in [6.45, 7) is -1.42. The van der Waals surface area contributed by atoms with Crippen LogP contribution >= 0.6 is 26.4 Å². The van der Waals surface area contributed by atoms with E-state index in [1.807, 2.05) is 0 Å². The monoisotopic (exact) mass is 699 g/mol. The minimum atomic E-state index is -4.11. The predicted molar refractivity (Wildman–Crippen MR) is 159 cm³/mol. The first kappa shape index (κ1) is 31.6. The molecule has 3 fully saturated rings. The Hall–Kier alpha value is -2.94. The topological polar surface area (TPSA) is 269 Å². The Morgan fingerprint density at radius 2 is 1.50 bits per heavy atom.